The highest BCUT2D eigenvalue weighted by atomic mass is 32.2. The van der Waals surface area contributed by atoms with Crippen LogP contribution in [0.2, 0.25) is 0 Å². The molecule has 1 aromatic heterocycles. The lowest BCUT2D eigenvalue weighted by Crippen LogP contribution is -2.23. The van der Waals surface area contributed by atoms with Gasteiger partial charge >= 0.3 is 0 Å². The Bertz CT molecular complexity index is 929. The number of tetrazole rings is 1. The van der Waals surface area contributed by atoms with Crippen molar-refractivity contribution in [1.82, 2.24) is 20.2 Å². The fraction of sp³-hybridized carbons (Fsp3) is 0.263. The van der Waals surface area contributed by atoms with Crippen LogP contribution in [0, 0.1) is 0 Å². The van der Waals surface area contributed by atoms with E-state index in [4.69, 9.17) is 9.47 Å². The summed E-state index contributed by atoms with van der Waals surface area (Å²) in [6, 6.07) is 14.7. The lowest BCUT2D eigenvalue weighted by molar-refractivity contribution is -0.115. The van der Waals surface area contributed by atoms with Crippen LogP contribution in [0.25, 0.3) is 5.69 Å². The van der Waals surface area contributed by atoms with Gasteiger partial charge in [-0.1, -0.05) is 23.9 Å². The number of para-hydroxylation sites is 2. The number of ether oxygens (including phenoxy) is 2. The van der Waals surface area contributed by atoms with Crippen molar-refractivity contribution >= 4 is 23.4 Å². The number of anilines is 1. The molecule has 1 unspecified atom stereocenters. The van der Waals surface area contributed by atoms with Gasteiger partial charge in [-0.2, -0.15) is 4.68 Å². The lowest BCUT2D eigenvalue weighted by Gasteiger charge is -2.14. The highest BCUT2D eigenvalue weighted by Crippen LogP contribution is 2.27. The summed E-state index contributed by atoms with van der Waals surface area (Å²) < 4.78 is 12.3. The summed E-state index contributed by atoms with van der Waals surface area (Å²) in [6.45, 7) is 4.22. The number of rotatable bonds is 8. The Morgan fingerprint density at radius 2 is 1.96 bits per heavy atom. The molecule has 2 aromatic carbocycles. The van der Waals surface area contributed by atoms with Gasteiger partial charge < -0.3 is 14.8 Å². The average molecular weight is 399 g/mol. The Morgan fingerprint density at radius 1 is 1.21 bits per heavy atom. The third-order valence-electron chi connectivity index (χ3n) is 3.85. The van der Waals surface area contributed by atoms with Crippen molar-refractivity contribution in [2.45, 2.75) is 24.3 Å². The van der Waals surface area contributed by atoms with Crippen molar-refractivity contribution in [3.8, 4) is 17.2 Å². The number of amides is 1. The minimum atomic E-state index is -0.419. The summed E-state index contributed by atoms with van der Waals surface area (Å²) in [5, 5.41) is 14.8. The number of nitrogens with zero attached hydrogens (tertiary/aromatic N) is 4. The van der Waals surface area contributed by atoms with Crippen molar-refractivity contribution in [1.29, 1.82) is 0 Å². The van der Waals surface area contributed by atoms with E-state index in [0.29, 0.717) is 23.2 Å². The summed E-state index contributed by atoms with van der Waals surface area (Å²) in [5.41, 5.74) is 1.42. The number of thioether (sulfide) groups is 1. The molecule has 1 heterocycles. The molecule has 0 radical (unpaired) electrons. The van der Waals surface area contributed by atoms with E-state index in [2.05, 4.69) is 20.8 Å². The normalized spacial score (nSPS) is 11.7. The van der Waals surface area contributed by atoms with Crippen LogP contribution >= 0.6 is 11.8 Å². The minimum Gasteiger partial charge on any atom is -0.497 e. The molecule has 8 nitrogen and oxygen atoms in total. The number of hydrogen-bond donors (Lipinski definition) is 1. The fourth-order valence-electron chi connectivity index (χ4n) is 2.44. The molecule has 28 heavy (non-hydrogen) atoms. The minimum absolute atomic E-state index is 0.165. The van der Waals surface area contributed by atoms with Gasteiger partial charge in [0.2, 0.25) is 11.1 Å². The monoisotopic (exact) mass is 399 g/mol. The number of methoxy groups -OCH3 is 1. The topological polar surface area (TPSA) is 91.2 Å². The van der Waals surface area contributed by atoms with Crippen LogP contribution in [0.4, 0.5) is 5.69 Å². The predicted octanol–water partition coefficient (Wildman–Crippen LogP) is 3.19. The number of benzene rings is 2. The zero-order valence-electron chi connectivity index (χ0n) is 15.8. The highest BCUT2D eigenvalue weighted by molar-refractivity contribution is 8.00. The Hall–Kier alpha value is -3.07. The van der Waals surface area contributed by atoms with Gasteiger partial charge in [-0.3, -0.25) is 4.79 Å². The molecule has 0 fully saturated rings. The number of nitrogens with one attached hydrogen (secondary N) is 1. The van der Waals surface area contributed by atoms with Crippen molar-refractivity contribution in [2.24, 2.45) is 0 Å². The smallest absolute Gasteiger partial charge is 0.237 e. The molecule has 0 bridgehead atoms. The van der Waals surface area contributed by atoms with E-state index in [1.54, 1.807) is 18.7 Å². The molecule has 0 saturated heterocycles. The summed E-state index contributed by atoms with van der Waals surface area (Å²) in [7, 11) is 1.61. The van der Waals surface area contributed by atoms with Gasteiger partial charge in [-0.15, -0.1) is 5.10 Å². The van der Waals surface area contributed by atoms with E-state index < -0.39 is 5.25 Å². The van der Waals surface area contributed by atoms with E-state index in [9.17, 15) is 4.79 Å². The molecular formula is C19H21N5O3S. The average Bonchev–Trinajstić information content (AvgIpc) is 3.17. The molecule has 1 atom stereocenters. The summed E-state index contributed by atoms with van der Waals surface area (Å²) in [5.74, 6) is 1.21. The quantitative estimate of drug-likeness (QED) is 0.582. The van der Waals surface area contributed by atoms with E-state index in [0.717, 1.165) is 11.4 Å². The molecule has 0 aliphatic heterocycles. The first-order chi connectivity index (χ1) is 13.6. The molecule has 3 rings (SSSR count). The maximum Gasteiger partial charge on any atom is 0.237 e. The molecule has 0 aliphatic rings. The van der Waals surface area contributed by atoms with Crippen LogP contribution < -0.4 is 14.8 Å². The van der Waals surface area contributed by atoms with Gasteiger partial charge in [0.1, 0.15) is 11.5 Å². The van der Waals surface area contributed by atoms with Crippen LogP contribution in [0.5, 0.6) is 11.5 Å². The third kappa shape index (κ3) is 4.61. The predicted molar refractivity (Wildman–Crippen MR) is 107 cm³/mol. The maximum atomic E-state index is 12.6. The van der Waals surface area contributed by atoms with Gasteiger partial charge in [0.25, 0.3) is 0 Å². The summed E-state index contributed by atoms with van der Waals surface area (Å²) in [6.07, 6.45) is 0. The van der Waals surface area contributed by atoms with Gasteiger partial charge in [-0.05, 0) is 60.7 Å². The molecule has 0 saturated carbocycles. The fourth-order valence-corrected chi connectivity index (χ4v) is 3.24. The second-order valence-electron chi connectivity index (χ2n) is 5.75. The molecular weight excluding hydrogens is 378 g/mol. The van der Waals surface area contributed by atoms with E-state index >= 15 is 0 Å². The first-order valence-electron chi connectivity index (χ1n) is 8.74. The Kier molecular flexibility index (Phi) is 6.49. The second-order valence-corrected chi connectivity index (χ2v) is 7.06. The lowest BCUT2D eigenvalue weighted by atomic mass is 10.3. The van der Waals surface area contributed by atoms with Crippen molar-refractivity contribution in [3.05, 3.63) is 48.5 Å². The van der Waals surface area contributed by atoms with Crippen molar-refractivity contribution in [3.63, 3.8) is 0 Å². The molecule has 0 spiro atoms. The SMILES string of the molecule is CCOc1ccccc1NC(=O)C(C)Sc1nnnn1-c1ccc(OC)cc1. The van der Waals surface area contributed by atoms with Gasteiger partial charge in [0.05, 0.1) is 30.3 Å². The van der Waals surface area contributed by atoms with Crippen LogP contribution in [0.15, 0.2) is 53.7 Å². The van der Waals surface area contributed by atoms with Crippen LogP contribution in [0.1, 0.15) is 13.8 Å². The Balaban J connectivity index is 1.70. The van der Waals surface area contributed by atoms with Crippen LogP contribution in [0.3, 0.4) is 0 Å². The summed E-state index contributed by atoms with van der Waals surface area (Å²) >= 11 is 1.27. The number of hydrogen-bond acceptors (Lipinski definition) is 7. The first kappa shape index (κ1) is 19.7. The van der Waals surface area contributed by atoms with E-state index in [-0.39, 0.29) is 5.91 Å². The summed E-state index contributed by atoms with van der Waals surface area (Å²) in [4.78, 5) is 12.6. The van der Waals surface area contributed by atoms with Gasteiger partial charge in [0, 0.05) is 0 Å². The van der Waals surface area contributed by atoms with Crippen molar-refractivity contribution in [2.75, 3.05) is 19.0 Å². The Labute approximate surface area is 167 Å². The molecule has 0 aliphatic carbocycles. The number of carbonyl (C=O) groups excluding carboxylic acids is 1. The molecule has 146 valence electrons. The van der Waals surface area contributed by atoms with Gasteiger partial charge in [0.15, 0.2) is 0 Å². The first-order valence-corrected chi connectivity index (χ1v) is 9.62. The highest BCUT2D eigenvalue weighted by Gasteiger charge is 2.20. The molecule has 1 amide bonds. The molecule has 9 heteroatoms. The Morgan fingerprint density at radius 3 is 2.68 bits per heavy atom. The van der Waals surface area contributed by atoms with Crippen LogP contribution in [-0.2, 0) is 4.79 Å². The van der Waals surface area contributed by atoms with E-state index in [1.807, 2.05) is 55.5 Å². The zero-order valence-corrected chi connectivity index (χ0v) is 16.6. The molecule has 3 aromatic rings. The largest absolute Gasteiger partial charge is 0.497 e. The van der Waals surface area contributed by atoms with E-state index in [1.165, 1.54) is 11.8 Å². The van der Waals surface area contributed by atoms with Gasteiger partial charge in [-0.25, -0.2) is 0 Å². The number of carbonyl (C=O) groups is 1. The van der Waals surface area contributed by atoms with Crippen molar-refractivity contribution < 1.29 is 14.3 Å². The van der Waals surface area contributed by atoms with Crippen LogP contribution in [-0.4, -0.2) is 45.1 Å². The third-order valence-corrected chi connectivity index (χ3v) is 4.89. The second kappa shape index (κ2) is 9.23. The zero-order chi connectivity index (χ0) is 19.9. The maximum absolute atomic E-state index is 12.6. The molecule has 1 N–H and O–H groups in total. The standard InChI is InChI=1S/C19H21N5O3S/c1-4-27-17-8-6-5-7-16(17)20-18(25)13(2)28-19-21-22-23-24(19)14-9-11-15(26-3)12-10-14/h5-13H,4H2,1-3H3,(H,20,25). The number of aromatic nitrogens is 4.